The minimum atomic E-state index is 0.483. The number of hydrogen-bond donors (Lipinski definition) is 0. The first kappa shape index (κ1) is 13.5. The van der Waals surface area contributed by atoms with Crippen LogP contribution >= 0.6 is 15.9 Å². The van der Waals surface area contributed by atoms with Crippen LogP contribution in [0.2, 0.25) is 0 Å². The fraction of sp³-hybridized carbons (Fsp3) is 0.0588. The summed E-state index contributed by atoms with van der Waals surface area (Å²) in [4.78, 5) is 0. The van der Waals surface area contributed by atoms with Crippen molar-refractivity contribution >= 4 is 15.9 Å². The van der Waals surface area contributed by atoms with Gasteiger partial charge < -0.3 is 4.74 Å². The number of halogens is 1. The highest BCUT2D eigenvalue weighted by Gasteiger charge is 1.98. The van der Waals surface area contributed by atoms with E-state index >= 15 is 0 Å². The van der Waals surface area contributed by atoms with Gasteiger partial charge in [-0.25, -0.2) is 0 Å². The number of benzene rings is 2. The molecule has 1 nitrogen and oxygen atoms in total. The summed E-state index contributed by atoms with van der Waals surface area (Å²) in [5.41, 5.74) is 1.86. The van der Waals surface area contributed by atoms with Crippen molar-refractivity contribution in [3.63, 3.8) is 0 Å². The van der Waals surface area contributed by atoms with E-state index in [0.717, 1.165) is 21.3 Å². The van der Waals surface area contributed by atoms with Crippen molar-refractivity contribution in [2.45, 2.75) is 0 Å². The molecule has 0 N–H and O–H groups in total. The van der Waals surface area contributed by atoms with Crippen molar-refractivity contribution in [1.82, 2.24) is 0 Å². The van der Waals surface area contributed by atoms with Crippen LogP contribution in [0.25, 0.3) is 0 Å². The zero-order valence-electron chi connectivity index (χ0n) is 10.4. The summed E-state index contributed by atoms with van der Waals surface area (Å²) in [5.74, 6) is 7.05. The van der Waals surface area contributed by atoms with Crippen LogP contribution in [-0.2, 0) is 0 Å². The molecule has 0 aliphatic heterocycles. The topological polar surface area (TPSA) is 9.23 Å². The Morgan fingerprint density at radius 3 is 2.53 bits per heavy atom. The lowest BCUT2D eigenvalue weighted by molar-refractivity contribution is 0.362. The Balaban J connectivity index is 2.23. The molecule has 2 heteroatoms. The second-order valence-corrected chi connectivity index (χ2v) is 4.77. The molecule has 0 aliphatic rings. The second kappa shape index (κ2) is 6.82. The smallest absolute Gasteiger partial charge is 0.135 e. The molecule has 0 heterocycles. The molecule has 0 unspecified atom stereocenters. The summed E-state index contributed by atoms with van der Waals surface area (Å²) in [7, 11) is 0. The van der Waals surface area contributed by atoms with Gasteiger partial charge in [-0.1, -0.05) is 52.6 Å². The summed E-state index contributed by atoms with van der Waals surface area (Å²) < 4.78 is 6.61. The summed E-state index contributed by atoms with van der Waals surface area (Å²) in [6.07, 6.45) is 1.72. The van der Waals surface area contributed by atoms with Crippen LogP contribution in [0.5, 0.6) is 5.75 Å². The van der Waals surface area contributed by atoms with Gasteiger partial charge in [-0.2, -0.15) is 0 Å². The zero-order chi connectivity index (χ0) is 13.5. The average molecular weight is 313 g/mol. The van der Waals surface area contributed by atoms with E-state index in [1.807, 2.05) is 48.5 Å². The van der Waals surface area contributed by atoms with Crippen LogP contribution in [0.15, 0.2) is 65.7 Å². The standard InChI is InChI=1S/C17H13BrO/c1-2-13-19-17-6-4-3-5-15(17)10-7-14-8-11-16(18)12-9-14/h2-6,8-9,11-12H,1,13H2. The van der Waals surface area contributed by atoms with E-state index in [9.17, 15) is 0 Å². The van der Waals surface area contributed by atoms with Crippen molar-refractivity contribution in [3.8, 4) is 17.6 Å². The normalized spacial score (nSPS) is 9.32. The number of hydrogen-bond acceptors (Lipinski definition) is 1. The van der Waals surface area contributed by atoms with Gasteiger partial charge in [0.1, 0.15) is 12.4 Å². The molecule has 0 radical (unpaired) electrons. The van der Waals surface area contributed by atoms with Gasteiger partial charge in [0.15, 0.2) is 0 Å². The van der Waals surface area contributed by atoms with Gasteiger partial charge in [0, 0.05) is 10.0 Å². The fourth-order valence-electron chi connectivity index (χ4n) is 1.52. The summed E-state index contributed by atoms with van der Waals surface area (Å²) in [6.45, 7) is 4.12. The van der Waals surface area contributed by atoms with Crippen molar-refractivity contribution in [2.24, 2.45) is 0 Å². The molecule has 0 aliphatic carbocycles. The number of para-hydroxylation sites is 1. The Morgan fingerprint density at radius 2 is 1.79 bits per heavy atom. The SMILES string of the molecule is C=CCOc1ccccc1C#Cc1ccc(Br)cc1. The minimum absolute atomic E-state index is 0.483. The highest BCUT2D eigenvalue weighted by molar-refractivity contribution is 9.10. The van der Waals surface area contributed by atoms with Crippen molar-refractivity contribution < 1.29 is 4.74 Å². The zero-order valence-corrected chi connectivity index (χ0v) is 12.0. The predicted molar refractivity (Wildman–Crippen MR) is 82.3 cm³/mol. The highest BCUT2D eigenvalue weighted by atomic mass is 79.9. The molecule has 0 fully saturated rings. The first-order valence-corrected chi connectivity index (χ1v) is 6.69. The molecular weight excluding hydrogens is 300 g/mol. The molecule has 0 spiro atoms. The largest absolute Gasteiger partial charge is 0.488 e. The van der Waals surface area contributed by atoms with E-state index in [2.05, 4.69) is 34.3 Å². The Hall–Kier alpha value is -1.98. The van der Waals surface area contributed by atoms with E-state index in [0.29, 0.717) is 6.61 Å². The van der Waals surface area contributed by atoms with Crippen LogP contribution in [0, 0.1) is 11.8 Å². The maximum absolute atomic E-state index is 5.57. The van der Waals surface area contributed by atoms with Gasteiger partial charge in [0.25, 0.3) is 0 Å². The van der Waals surface area contributed by atoms with Gasteiger partial charge in [-0.3, -0.25) is 0 Å². The highest BCUT2D eigenvalue weighted by Crippen LogP contribution is 2.17. The van der Waals surface area contributed by atoms with Crippen LogP contribution in [0.4, 0.5) is 0 Å². The molecule has 0 saturated heterocycles. The Morgan fingerprint density at radius 1 is 1.05 bits per heavy atom. The average Bonchev–Trinajstić information content (AvgIpc) is 2.45. The molecule has 0 amide bonds. The summed E-state index contributed by atoms with van der Waals surface area (Å²) >= 11 is 3.40. The lowest BCUT2D eigenvalue weighted by Crippen LogP contribution is -1.94. The van der Waals surface area contributed by atoms with Gasteiger partial charge in [-0.15, -0.1) is 0 Å². The molecule has 0 atom stereocenters. The molecule has 2 aromatic carbocycles. The van der Waals surface area contributed by atoms with E-state index in [1.165, 1.54) is 0 Å². The van der Waals surface area contributed by atoms with E-state index in [4.69, 9.17) is 4.74 Å². The first-order valence-electron chi connectivity index (χ1n) is 5.90. The molecule has 0 aromatic heterocycles. The molecule has 2 aromatic rings. The number of ether oxygens (including phenoxy) is 1. The Labute approximate surface area is 122 Å². The third kappa shape index (κ3) is 4.01. The third-order valence-electron chi connectivity index (χ3n) is 2.43. The van der Waals surface area contributed by atoms with Crippen LogP contribution in [-0.4, -0.2) is 6.61 Å². The van der Waals surface area contributed by atoms with Crippen LogP contribution in [0.3, 0.4) is 0 Å². The van der Waals surface area contributed by atoms with E-state index < -0.39 is 0 Å². The Bertz CT molecular complexity index is 618. The van der Waals surface area contributed by atoms with Gasteiger partial charge in [0.05, 0.1) is 5.56 Å². The van der Waals surface area contributed by atoms with Gasteiger partial charge in [-0.05, 0) is 36.4 Å². The monoisotopic (exact) mass is 312 g/mol. The first-order chi connectivity index (χ1) is 9.29. The molecule has 0 bridgehead atoms. The molecule has 94 valence electrons. The maximum atomic E-state index is 5.57. The second-order valence-electron chi connectivity index (χ2n) is 3.85. The minimum Gasteiger partial charge on any atom is -0.488 e. The summed E-state index contributed by atoms with van der Waals surface area (Å²) in [6, 6.07) is 15.7. The van der Waals surface area contributed by atoms with Crippen molar-refractivity contribution in [2.75, 3.05) is 6.61 Å². The number of rotatable bonds is 3. The van der Waals surface area contributed by atoms with Gasteiger partial charge in [0.2, 0.25) is 0 Å². The lowest BCUT2D eigenvalue weighted by Gasteiger charge is -2.04. The predicted octanol–water partition coefficient (Wildman–Crippen LogP) is 4.41. The molecular formula is C17H13BrO. The third-order valence-corrected chi connectivity index (χ3v) is 2.96. The van der Waals surface area contributed by atoms with E-state index in [1.54, 1.807) is 6.08 Å². The molecule has 0 saturated carbocycles. The van der Waals surface area contributed by atoms with Crippen LogP contribution in [0.1, 0.15) is 11.1 Å². The fourth-order valence-corrected chi connectivity index (χ4v) is 1.78. The van der Waals surface area contributed by atoms with E-state index in [-0.39, 0.29) is 0 Å². The van der Waals surface area contributed by atoms with Crippen LogP contribution < -0.4 is 4.74 Å². The van der Waals surface area contributed by atoms with Crippen molar-refractivity contribution in [1.29, 1.82) is 0 Å². The molecule has 19 heavy (non-hydrogen) atoms. The quantitative estimate of drug-likeness (QED) is 0.602. The lowest BCUT2D eigenvalue weighted by atomic mass is 10.1. The van der Waals surface area contributed by atoms with Crippen molar-refractivity contribution in [3.05, 3.63) is 76.8 Å². The molecule has 2 rings (SSSR count). The summed E-state index contributed by atoms with van der Waals surface area (Å²) in [5, 5.41) is 0. The maximum Gasteiger partial charge on any atom is 0.135 e. The Kier molecular flexibility index (Phi) is 4.83. The van der Waals surface area contributed by atoms with Gasteiger partial charge >= 0.3 is 0 Å².